The molecule has 0 atom stereocenters. The number of nitrogens with zero attached hydrogens (tertiary/aromatic N) is 2. The molecule has 0 fully saturated rings. The minimum Gasteiger partial charge on any atom is -0.507 e. The van der Waals surface area contributed by atoms with Gasteiger partial charge >= 0.3 is 0 Å². The van der Waals surface area contributed by atoms with Crippen LogP contribution in [0.3, 0.4) is 0 Å². The average molecular weight is 282 g/mol. The number of phenols is 1. The lowest BCUT2D eigenvalue weighted by molar-refractivity contribution is 0.465. The first-order chi connectivity index (χ1) is 10.1. The van der Waals surface area contributed by atoms with Crippen LogP contribution >= 0.6 is 0 Å². The summed E-state index contributed by atoms with van der Waals surface area (Å²) in [6, 6.07) is 10.8. The van der Waals surface area contributed by atoms with Gasteiger partial charge in [0.25, 0.3) is 0 Å². The van der Waals surface area contributed by atoms with E-state index in [0.29, 0.717) is 5.56 Å². The first kappa shape index (κ1) is 13.4. The summed E-state index contributed by atoms with van der Waals surface area (Å²) in [5.41, 5.74) is 2.91. The summed E-state index contributed by atoms with van der Waals surface area (Å²) in [7, 11) is 0. The molecule has 0 spiro atoms. The smallest absolute Gasteiger partial charge is 0.129 e. The number of benzene rings is 2. The van der Waals surface area contributed by atoms with Gasteiger partial charge in [0.05, 0.1) is 6.33 Å². The first-order valence-corrected chi connectivity index (χ1v) is 6.68. The van der Waals surface area contributed by atoms with Crippen molar-refractivity contribution < 1.29 is 9.50 Å². The van der Waals surface area contributed by atoms with Gasteiger partial charge in [0.1, 0.15) is 11.6 Å². The molecule has 1 aromatic heterocycles. The van der Waals surface area contributed by atoms with Crippen molar-refractivity contribution in [2.75, 3.05) is 0 Å². The van der Waals surface area contributed by atoms with Crippen molar-refractivity contribution in [3.8, 4) is 16.9 Å². The quantitative estimate of drug-likeness (QED) is 0.794. The van der Waals surface area contributed by atoms with Crippen molar-refractivity contribution in [1.29, 1.82) is 0 Å². The largest absolute Gasteiger partial charge is 0.507 e. The molecule has 0 saturated heterocycles. The molecule has 0 saturated carbocycles. The van der Waals surface area contributed by atoms with Crippen LogP contribution in [0, 0.1) is 12.7 Å². The molecule has 1 N–H and O–H groups in total. The van der Waals surface area contributed by atoms with Crippen molar-refractivity contribution in [1.82, 2.24) is 9.55 Å². The van der Waals surface area contributed by atoms with Crippen LogP contribution in [-0.2, 0) is 6.54 Å². The number of phenolic OH excluding ortho intramolecular Hbond substituents is 1. The molecule has 2 aromatic carbocycles. The predicted molar refractivity (Wildman–Crippen MR) is 79.6 cm³/mol. The number of rotatable bonds is 3. The summed E-state index contributed by atoms with van der Waals surface area (Å²) in [6.45, 7) is 2.32. The second-order valence-electron chi connectivity index (χ2n) is 5.00. The summed E-state index contributed by atoms with van der Waals surface area (Å²) in [4.78, 5) is 4.01. The van der Waals surface area contributed by atoms with E-state index in [0.717, 1.165) is 17.7 Å². The highest BCUT2D eigenvalue weighted by atomic mass is 19.1. The maximum atomic E-state index is 13.4. The van der Waals surface area contributed by atoms with Gasteiger partial charge in [-0.15, -0.1) is 0 Å². The summed E-state index contributed by atoms with van der Waals surface area (Å²) in [5.74, 6) is -0.398. The molecular formula is C17H15FN2O. The fraction of sp³-hybridized carbons (Fsp3) is 0.118. The van der Waals surface area contributed by atoms with Gasteiger partial charge in [0, 0.05) is 30.1 Å². The summed E-state index contributed by atoms with van der Waals surface area (Å²) in [6.07, 6.45) is 5.42. The van der Waals surface area contributed by atoms with Crippen LogP contribution in [-0.4, -0.2) is 14.7 Å². The van der Waals surface area contributed by atoms with Crippen LogP contribution in [0.25, 0.3) is 11.1 Å². The Bertz CT molecular complexity index is 749. The summed E-state index contributed by atoms with van der Waals surface area (Å²) >= 11 is 0. The Morgan fingerprint density at radius 1 is 1.14 bits per heavy atom. The van der Waals surface area contributed by atoms with Crippen LogP contribution in [0.5, 0.6) is 5.75 Å². The third-order valence-electron chi connectivity index (χ3n) is 3.55. The van der Waals surface area contributed by atoms with Gasteiger partial charge in [-0.2, -0.15) is 0 Å². The van der Waals surface area contributed by atoms with E-state index in [-0.39, 0.29) is 11.3 Å². The summed E-state index contributed by atoms with van der Waals surface area (Å²) in [5, 5.41) is 10.1. The molecule has 0 aliphatic heterocycles. The van der Waals surface area contributed by atoms with Crippen molar-refractivity contribution in [3.63, 3.8) is 0 Å². The van der Waals surface area contributed by atoms with Crippen molar-refractivity contribution in [3.05, 3.63) is 72.1 Å². The molecule has 3 aromatic rings. The lowest BCUT2D eigenvalue weighted by Crippen LogP contribution is -1.96. The van der Waals surface area contributed by atoms with E-state index in [2.05, 4.69) is 4.98 Å². The minimum absolute atomic E-state index is 0.00244. The van der Waals surface area contributed by atoms with E-state index in [1.807, 2.05) is 35.0 Å². The van der Waals surface area contributed by atoms with E-state index in [9.17, 15) is 9.50 Å². The number of aromatic nitrogens is 2. The van der Waals surface area contributed by atoms with Crippen molar-refractivity contribution >= 4 is 0 Å². The Morgan fingerprint density at radius 2 is 1.90 bits per heavy atom. The lowest BCUT2D eigenvalue weighted by atomic mass is 10.0. The summed E-state index contributed by atoms with van der Waals surface area (Å²) < 4.78 is 15.4. The molecule has 4 heteroatoms. The molecule has 21 heavy (non-hydrogen) atoms. The third kappa shape index (κ3) is 2.65. The van der Waals surface area contributed by atoms with E-state index >= 15 is 0 Å². The van der Waals surface area contributed by atoms with E-state index in [1.54, 1.807) is 25.5 Å². The van der Waals surface area contributed by atoms with E-state index in [1.165, 1.54) is 6.07 Å². The average Bonchev–Trinajstić information content (AvgIpc) is 2.99. The molecule has 3 rings (SSSR count). The highest BCUT2D eigenvalue weighted by molar-refractivity contribution is 5.71. The fourth-order valence-electron chi connectivity index (χ4n) is 2.29. The molecule has 0 bridgehead atoms. The zero-order chi connectivity index (χ0) is 14.8. The normalized spacial score (nSPS) is 10.8. The Hall–Kier alpha value is -2.62. The van der Waals surface area contributed by atoms with Gasteiger partial charge in [0.2, 0.25) is 0 Å². The van der Waals surface area contributed by atoms with E-state index in [4.69, 9.17) is 0 Å². The maximum Gasteiger partial charge on any atom is 0.129 e. The van der Waals surface area contributed by atoms with Crippen molar-refractivity contribution in [2.45, 2.75) is 13.5 Å². The Morgan fingerprint density at radius 3 is 2.57 bits per heavy atom. The highest BCUT2D eigenvalue weighted by Gasteiger charge is 2.10. The molecule has 1 heterocycles. The van der Waals surface area contributed by atoms with E-state index < -0.39 is 5.82 Å². The second-order valence-corrected chi connectivity index (χ2v) is 5.00. The first-order valence-electron chi connectivity index (χ1n) is 6.68. The van der Waals surface area contributed by atoms with Crippen LogP contribution in [0.2, 0.25) is 0 Å². The molecule has 0 unspecified atom stereocenters. The van der Waals surface area contributed by atoms with Crippen molar-refractivity contribution in [2.24, 2.45) is 0 Å². The number of hydrogen-bond acceptors (Lipinski definition) is 2. The maximum absolute atomic E-state index is 13.4. The molecule has 0 radical (unpaired) electrons. The predicted octanol–water partition coefficient (Wildman–Crippen LogP) is 3.75. The zero-order valence-corrected chi connectivity index (χ0v) is 11.6. The standard InChI is InChI=1S/C17H15FN2O/c1-12-16(18)7-6-15(17(12)21)14-4-2-13(3-5-14)10-20-9-8-19-11-20/h2-9,11,21H,10H2,1H3. The Labute approximate surface area is 122 Å². The second kappa shape index (κ2) is 5.40. The molecule has 0 aliphatic carbocycles. The number of aromatic hydroxyl groups is 1. The zero-order valence-electron chi connectivity index (χ0n) is 11.6. The third-order valence-corrected chi connectivity index (χ3v) is 3.55. The lowest BCUT2D eigenvalue weighted by Gasteiger charge is -2.09. The molecular weight excluding hydrogens is 267 g/mol. The number of halogens is 1. The fourth-order valence-corrected chi connectivity index (χ4v) is 2.29. The highest BCUT2D eigenvalue weighted by Crippen LogP contribution is 2.33. The van der Waals surface area contributed by atoms with Gasteiger partial charge in [-0.3, -0.25) is 0 Å². The van der Waals surface area contributed by atoms with Crippen LogP contribution in [0.4, 0.5) is 4.39 Å². The van der Waals surface area contributed by atoms with Gasteiger partial charge in [0.15, 0.2) is 0 Å². The molecule has 0 aliphatic rings. The van der Waals surface area contributed by atoms with Crippen LogP contribution in [0.15, 0.2) is 55.1 Å². The van der Waals surface area contributed by atoms with Gasteiger partial charge in [-0.1, -0.05) is 24.3 Å². The van der Waals surface area contributed by atoms with Crippen LogP contribution in [0.1, 0.15) is 11.1 Å². The molecule has 3 nitrogen and oxygen atoms in total. The molecule has 106 valence electrons. The van der Waals surface area contributed by atoms with Gasteiger partial charge in [-0.25, -0.2) is 9.37 Å². The van der Waals surface area contributed by atoms with Crippen LogP contribution < -0.4 is 0 Å². The topological polar surface area (TPSA) is 38.0 Å². The monoisotopic (exact) mass is 282 g/mol. The molecule has 0 amide bonds. The number of imidazole rings is 1. The van der Waals surface area contributed by atoms with Gasteiger partial charge < -0.3 is 9.67 Å². The van der Waals surface area contributed by atoms with Gasteiger partial charge in [-0.05, 0) is 30.2 Å². The Kier molecular flexibility index (Phi) is 3.44. The minimum atomic E-state index is -0.395. The Balaban J connectivity index is 1.89. The number of hydrogen-bond donors (Lipinski definition) is 1. The SMILES string of the molecule is Cc1c(F)ccc(-c2ccc(Cn3ccnc3)cc2)c1O.